The Morgan fingerprint density at radius 3 is 2.29 bits per heavy atom. The van der Waals surface area contributed by atoms with Crippen LogP contribution in [0.1, 0.15) is 32.3 Å². The van der Waals surface area contributed by atoms with E-state index in [1.807, 2.05) is 6.07 Å². The molecular formula is C15H22N3O2S+. The molecule has 0 radical (unpaired) electrons. The molecule has 1 aromatic carbocycles. The summed E-state index contributed by atoms with van der Waals surface area (Å²) < 4.78 is 27.4. The van der Waals surface area contributed by atoms with Crippen LogP contribution in [0.5, 0.6) is 0 Å². The van der Waals surface area contributed by atoms with E-state index in [0.717, 1.165) is 25.9 Å². The molecule has 114 valence electrons. The summed E-state index contributed by atoms with van der Waals surface area (Å²) in [5.41, 5.74) is 0.461. The summed E-state index contributed by atoms with van der Waals surface area (Å²) in [4.78, 5) is 1.75. The molecule has 1 aliphatic rings. The molecular weight excluding hydrogens is 286 g/mol. The van der Waals surface area contributed by atoms with Crippen LogP contribution in [0.25, 0.3) is 0 Å². The summed E-state index contributed by atoms with van der Waals surface area (Å²) in [6.45, 7) is 6.38. The van der Waals surface area contributed by atoms with Crippen LogP contribution in [0.3, 0.4) is 0 Å². The number of nitrogens with one attached hydrogen (secondary N) is 2. The van der Waals surface area contributed by atoms with Crippen molar-refractivity contribution in [2.45, 2.75) is 43.7 Å². The Balaban J connectivity index is 2.00. The number of piperidine rings is 1. The zero-order valence-corrected chi connectivity index (χ0v) is 13.3. The molecule has 21 heavy (non-hydrogen) atoms. The van der Waals surface area contributed by atoms with E-state index in [1.165, 1.54) is 29.2 Å². The highest BCUT2D eigenvalue weighted by Gasteiger charge is 2.27. The lowest BCUT2D eigenvalue weighted by molar-refractivity contribution is -0.926. The molecule has 0 spiro atoms. The van der Waals surface area contributed by atoms with Gasteiger partial charge in [-0.15, -0.1) is 0 Å². The molecule has 5 nitrogen and oxygen atoms in total. The molecule has 1 saturated heterocycles. The first-order valence-electron chi connectivity index (χ1n) is 7.29. The molecule has 0 atom stereocenters. The average Bonchev–Trinajstić information content (AvgIpc) is 2.47. The third-order valence-corrected chi connectivity index (χ3v) is 5.60. The molecule has 1 fully saturated rings. The molecule has 2 rings (SSSR count). The molecule has 2 N–H and O–H groups in total. The maximum atomic E-state index is 12.3. The van der Waals surface area contributed by atoms with Crippen molar-refractivity contribution in [3.05, 3.63) is 29.8 Å². The van der Waals surface area contributed by atoms with E-state index in [2.05, 4.69) is 18.6 Å². The van der Waals surface area contributed by atoms with Crippen molar-refractivity contribution in [3.63, 3.8) is 0 Å². The van der Waals surface area contributed by atoms with Gasteiger partial charge in [0.15, 0.2) is 0 Å². The van der Waals surface area contributed by atoms with Crippen molar-refractivity contribution in [2.24, 2.45) is 0 Å². The van der Waals surface area contributed by atoms with Crippen LogP contribution >= 0.6 is 0 Å². The number of rotatable bonds is 4. The van der Waals surface area contributed by atoms with Crippen molar-refractivity contribution in [1.82, 2.24) is 4.72 Å². The molecule has 0 amide bonds. The second-order valence-corrected chi connectivity index (χ2v) is 7.56. The molecule has 0 aliphatic carbocycles. The van der Waals surface area contributed by atoms with Crippen molar-refractivity contribution in [2.75, 3.05) is 13.1 Å². The van der Waals surface area contributed by atoms with E-state index in [-0.39, 0.29) is 10.9 Å². The Morgan fingerprint density at radius 1 is 1.24 bits per heavy atom. The van der Waals surface area contributed by atoms with Crippen molar-refractivity contribution < 1.29 is 13.3 Å². The first kappa shape index (κ1) is 16.0. The van der Waals surface area contributed by atoms with Gasteiger partial charge in [-0.25, -0.2) is 13.1 Å². The number of sulfonamides is 1. The van der Waals surface area contributed by atoms with Crippen molar-refractivity contribution in [3.8, 4) is 6.07 Å². The maximum absolute atomic E-state index is 12.3. The highest BCUT2D eigenvalue weighted by atomic mass is 32.2. The lowest BCUT2D eigenvalue weighted by Crippen LogP contribution is -3.16. The van der Waals surface area contributed by atoms with Crippen LogP contribution in [0.15, 0.2) is 29.2 Å². The monoisotopic (exact) mass is 308 g/mol. The smallest absolute Gasteiger partial charge is 0.240 e. The standard InChI is InChI=1S/C15H21N3O2S/c1-12(2)18-9-7-14(8-10-18)17-21(19,20)15-5-3-13(11-16)4-6-15/h3-6,12,14,17H,7-10H2,1-2H3/p+1. The normalized spacial score (nSPS) is 23.0. The third kappa shape index (κ3) is 4.03. The minimum absolute atomic E-state index is 0.00754. The summed E-state index contributed by atoms with van der Waals surface area (Å²) in [7, 11) is -3.49. The predicted molar refractivity (Wildman–Crippen MR) is 80.3 cm³/mol. The van der Waals surface area contributed by atoms with Crippen LogP contribution in [0, 0.1) is 11.3 Å². The van der Waals surface area contributed by atoms with E-state index < -0.39 is 10.0 Å². The van der Waals surface area contributed by atoms with Gasteiger partial charge in [-0.3, -0.25) is 0 Å². The zero-order valence-electron chi connectivity index (χ0n) is 12.5. The number of benzene rings is 1. The molecule has 0 saturated carbocycles. The minimum atomic E-state index is -3.49. The number of quaternary nitrogens is 1. The quantitative estimate of drug-likeness (QED) is 0.840. The molecule has 1 heterocycles. The fourth-order valence-electron chi connectivity index (χ4n) is 2.68. The van der Waals surface area contributed by atoms with Gasteiger partial charge >= 0.3 is 0 Å². The first-order valence-corrected chi connectivity index (χ1v) is 8.78. The Morgan fingerprint density at radius 2 is 1.81 bits per heavy atom. The highest BCUT2D eigenvalue weighted by Crippen LogP contribution is 2.12. The number of likely N-dealkylation sites (tertiary alicyclic amines) is 1. The van der Waals surface area contributed by atoms with E-state index >= 15 is 0 Å². The largest absolute Gasteiger partial charge is 0.333 e. The van der Waals surface area contributed by atoms with Crippen molar-refractivity contribution in [1.29, 1.82) is 5.26 Å². The molecule has 6 heteroatoms. The van der Waals surface area contributed by atoms with Gasteiger partial charge < -0.3 is 4.90 Å². The molecule has 0 bridgehead atoms. The van der Waals surface area contributed by atoms with Gasteiger partial charge in [0.25, 0.3) is 0 Å². The topological polar surface area (TPSA) is 74.4 Å². The van der Waals surface area contributed by atoms with Gasteiger partial charge in [-0.1, -0.05) is 0 Å². The summed E-state index contributed by atoms with van der Waals surface area (Å²) in [5, 5.41) is 8.74. The van der Waals surface area contributed by atoms with E-state index in [4.69, 9.17) is 5.26 Å². The molecule has 0 unspecified atom stereocenters. The number of hydrogen-bond acceptors (Lipinski definition) is 3. The Bertz CT molecular complexity index is 609. The van der Waals surface area contributed by atoms with Gasteiger partial charge in [-0.05, 0) is 38.1 Å². The fraction of sp³-hybridized carbons (Fsp3) is 0.533. The number of hydrogen-bond donors (Lipinski definition) is 2. The molecule has 0 aromatic heterocycles. The van der Waals surface area contributed by atoms with E-state index in [9.17, 15) is 8.42 Å². The van der Waals surface area contributed by atoms with Gasteiger partial charge in [0.2, 0.25) is 10.0 Å². The number of nitriles is 1. The van der Waals surface area contributed by atoms with Crippen LogP contribution in [-0.2, 0) is 10.0 Å². The average molecular weight is 308 g/mol. The summed E-state index contributed by atoms with van der Waals surface area (Å²) in [5.74, 6) is 0. The van der Waals surface area contributed by atoms with Crippen molar-refractivity contribution >= 4 is 10.0 Å². The molecule has 1 aromatic rings. The van der Waals surface area contributed by atoms with E-state index in [1.54, 1.807) is 0 Å². The van der Waals surface area contributed by atoms with Crippen LogP contribution in [0.2, 0.25) is 0 Å². The third-order valence-electron chi connectivity index (χ3n) is 4.06. The van der Waals surface area contributed by atoms with Crippen LogP contribution in [0.4, 0.5) is 0 Å². The minimum Gasteiger partial charge on any atom is -0.333 e. The van der Waals surface area contributed by atoms with Gasteiger partial charge in [0.1, 0.15) is 0 Å². The lowest BCUT2D eigenvalue weighted by Gasteiger charge is -2.32. The van der Waals surface area contributed by atoms with Gasteiger partial charge in [-0.2, -0.15) is 5.26 Å². The highest BCUT2D eigenvalue weighted by molar-refractivity contribution is 7.89. The Labute approximate surface area is 126 Å². The fourth-order valence-corrected chi connectivity index (χ4v) is 3.98. The van der Waals surface area contributed by atoms with Gasteiger partial charge in [0.05, 0.1) is 35.7 Å². The summed E-state index contributed by atoms with van der Waals surface area (Å²) in [6, 6.07) is 8.60. The molecule has 1 aliphatic heterocycles. The van der Waals surface area contributed by atoms with Crippen LogP contribution in [-0.4, -0.2) is 33.6 Å². The second kappa shape index (κ2) is 6.56. The lowest BCUT2D eigenvalue weighted by atomic mass is 10.1. The predicted octanol–water partition coefficient (Wildman–Crippen LogP) is 0.292. The SMILES string of the molecule is CC(C)[NH+]1CCC(NS(=O)(=O)c2ccc(C#N)cc2)CC1. The van der Waals surface area contributed by atoms with Gasteiger partial charge in [0, 0.05) is 18.9 Å². The Kier molecular flexibility index (Phi) is 4.99. The first-order chi connectivity index (χ1) is 9.92. The summed E-state index contributed by atoms with van der Waals surface area (Å²) >= 11 is 0. The van der Waals surface area contributed by atoms with E-state index in [0.29, 0.717) is 11.6 Å². The maximum Gasteiger partial charge on any atom is 0.240 e. The number of nitrogens with zero attached hydrogens (tertiary/aromatic N) is 1. The summed E-state index contributed by atoms with van der Waals surface area (Å²) in [6.07, 6.45) is 1.73. The Hall–Kier alpha value is -1.42. The van der Waals surface area contributed by atoms with Crippen LogP contribution < -0.4 is 9.62 Å². The second-order valence-electron chi connectivity index (χ2n) is 5.84. The zero-order chi connectivity index (χ0) is 15.5.